The Morgan fingerprint density at radius 1 is 0.885 bits per heavy atom. The van der Waals surface area contributed by atoms with Crippen LogP contribution in [0, 0.1) is 41.5 Å². The summed E-state index contributed by atoms with van der Waals surface area (Å²) < 4.78 is -0.204. The van der Waals surface area contributed by atoms with Crippen molar-refractivity contribution in [3.05, 3.63) is 70.0 Å². The number of amides is 1. The number of anilines is 1. The van der Waals surface area contributed by atoms with E-state index in [1.54, 1.807) is 6.20 Å². The van der Waals surface area contributed by atoms with Gasteiger partial charge in [-0.2, -0.15) is 4.79 Å². The van der Waals surface area contributed by atoms with E-state index in [1.165, 1.54) is 5.56 Å². The van der Waals surface area contributed by atoms with Crippen molar-refractivity contribution in [2.75, 3.05) is 11.6 Å². The van der Waals surface area contributed by atoms with E-state index in [4.69, 9.17) is 0 Å². The van der Waals surface area contributed by atoms with Gasteiger partial charge in [0.05, 0.1) is 11.9 Å². The minimum atomic E-state index is -0.860. The molecule has 1 aliphatic rings. The SMILES string of the molecule is Cc1cc(C)c(N2C=C[N+](C(=O)O)(c3c(C)cc(C)cc3C)C2)c(C)c1. The van der Waals surface area contributed by atoms with Crippen molar-refractivity contribution in [3.8, 4) is 0 Å². The van der Waals surface area contributed by atoms with E-state index in [9.17, 15) is 9.90 Å². The highest BCUT2D eigenvalue weighted by Crippen LogP contribution is 2.39. The minimum absolute atomic E-state index is 0.204. The first-order chi connectivity index (χ1) is 12.2. The zero-order chi connectivity index (χ0) is 19.2. The molecule has 1 unspecified atom stereocenters. The van der Waals surface area contributed by atoms with Crippen LogP contribution in [0.15, 0.2) is 36.7 Å². The first-order valence-corrected chi connectivity index (χ1v) is 8.89. The van der Waals surface area contributed by atoms with E-state index in [1.807, 2.05) is 27.0 Å². The van der Waals surface area contributed by atoms with Gasteiger partial charge in [0.2, 0.25) is 0 Å². The van der Waals surface area contributed by atoms with Crippen LogP contribution in [0.1, 0.15) is 33.4 Å². The molecule has 0 radical (unpaired) electrons. The molecule has 0 saturated carbocycles. The molecule has 1 heterocycles. The van der Waals surface area contributed by atoms with Gasteiger partial charge in [-0.25, -0.2) is 0 Å². The fourth-order valence-corrected chi connectivity index (χ4v) is 4.47. The largest absolute Gasteiger partial charge is 0.525 e. The van der Waals surface area contributed by atoms with Gasteiger partial charge in [0.25, 0.3) is 0 Å². The first-order valence-electron chi connectivity index (χ1n) is 8.89. The van der Waals surface area contributed by atoms with Gasteiger partial charge in [-0.1, -0.05) is 35.4 Å². The monoisotopic (exact) mass is 351 g/mol. The number of carbonyl (C=O) groups is 1. The van der Waals surface area contributed by atoms with Crippen molar-refractivity contribution in [2.24, 2.45) is 0 Å². The van der Waals surface area contributed by atoms with Crippen LogP contribution in [0.2, 0.25) is 0 Å². The average molecular weight is 351 g/mol. The predicted molar refractivity (Wildman–Crippen MR) is 108 cm³/mol. The molecular weight excluding hydrogens is 324 g/mol. The highest BCUT2D eigenvalue weighted by atomic mass is 16.4. The number of aryl methyl sites for hydroxylation is 6. The molecule has 136 valence electrons. The maximum absolute atomic E-state index is 12.4. The number of rotatable bonds is 2. The lowest BCUT2D eigenvalue weighted by Crippen LogP contribution is -2.51. The Morgan fingerprint density at radius 3 is 1.81 bits per heavy atom. The molecule has 26 heavy (non-hydrogen) atoms. The maximum Gasteiger partial charge on any atom is 0.525 e. The summed E-state index contributed by atoms with van der Waals surface area (Å²) in [5, 5.41) is 10.2. The molecule has 0 saturated heterocycles. The van der Waals surface area contributed by atoms with Crippen molar-refractivity contribution in [2.45, 2.75) is 41.5 Å². The maximum atomic E-state index is 12.4. The Morgan fingerprint density at radius 2 is 1.35 bits per heavy atom. The Hall–Kier alpha value is -2.59. The molecule has 3 rings (SSSR count). The third kappa shape index (κ3) is 2.80. The number of hydrogen-bond donors (Lipinski definition) is 1. The molecule has 0 aliphatic carbocycles. The summed E-state index contributed by atoms with van der Waals surface area (Å²) in [5.41, 5.74) is 8.65. The van der Waals surface area contributed by atoms with Crippen molar-refractivity contribution >= 4 is 17.5 Å². The summed E-state index contributed by atoms with van der Waals surface area (Å²) in [5.74, 6) is 0. The summed E-state index contributed by atoms with van der Waals surface area (Å²) in [6.07, 6.45) is 2.85. The Kier molecular flexibility index (Phi) is 4.41. The van der Waals surface area contributed by atoms with Gasteiger partial charge in [-0.05, 0) is 52.7 Å². The van der Waals surface area contributed by atoms with Crippen LogP contribution in [0.25, 0.3) is 0 Å². The summed E-state index contributed by atoms with van der Waals surface area (Å²) in [6, 6.07) is 8.41. The molecule has 0 fully saturated rings. The fourth-order valence-electron chi connectivity index (χ4n) is 4.47. The highest BCUT2D eigenvalue weighted by molar-refractivity contribution is 5.87. The van der Waals surface area contributed by atoms with Gasteiger partial charge in [-0.3, -0.25) is 4.90 Å². The predicted octanol–water partition coefficient (Wildman–Crippen LogP) is 5.47. The third-order valence-electron chi connectivity index (χ3n) is 5.17. The molecule has 4 nitrogen and oxygen atoms in total. The van der Waals surface area contributed by atoms with Crippen LogP contribution >= 0.6 is 0 Å². The Bertz CT molecular complexity index is 884. The molecule has 1 atom stereocenters. The van der Waals surface area contributed by atoms with E-state index < -0.39 is 6.09 Å². The van der Waals surface area contributed by atoms with Crippen molar-refractivity contribution in [1.82, 2.24) is 4.48 Å². The van der Waals surface area contributed by atoms with Gasteiger partial charge in [0.15, 0.2) is 12.4 Å². The van der Waals surface area contributed by atoms with Crippen LogP contribution in [-0.4, -0.2) is 17.9 Å². The number of hydrogen-bond acceptors (Lipinski definition) is 2. The average Bonchev–Trinajstić information content (AvgIpc) is 2.91. The number of benzene rings is 2. The Labute approximate surface area is 155 Å². The molecule has 0 spiro atoms. The quantitative estimate of drug-likeness (QED) is 0.729. The third-order valence-corrected chi connectivity index (χ3v) is 5.17. The highest BCUT2D eigenvalue weighted by Gasteiger charge is 2.46. The van der Waals surface area contributed by atoms with E-state index in [0.717, 1.165) is 39.2 Å². The normalized spacial score (nSPS) is 19.2. The molecule has 1 aliphatic heterocycles. The van der Waals surface area contributed by atoms with Crippen LogP contribution in [0.5, 0.6) is 0 Å². The van der Waals surface area contributed by atoms with Crippen LogP contribution < -0.4 is 9.38 Å². The fraction of sp³-hybridized carbons (Fsp3) is 0.318. The lowest BCUT2D eigenvalue weighted by Gasteiger charge is -2.30. The number of nitrogens with zero attached hydrogens (tertiary/aromatic N) is 2. The topological polar surface area (TPSA) is 40.5 Å². The number of quaternary nitrogens is 1. The molecule has 0 aromatic heterocycles. The van der Waals surface area contributed by atoms with Crippen LogP contribution in [0.4, 0.5) is 16.2 Å². The standard InChI is InChI=1S/C22H26N2O2/c1-14-9-16(3)20(17(4)10-14)23-7-8-24(13-23,22(25)26)21-18(5)11-15(2)12-19(21)6/h7-12H,13H2,1-6H3/p+1. The summed E-state index contributed by atoms with van der Waals surface area (Å²) >= 11 is 0. The smallest absolute Gasteiger partial charge is 0.435 e. The zero-order valence-corrected chi connectivity index (χ0v) is 16.4. The number of carboxylic acid groups (broad SMARTS) is 1. The minimum Gasteiger partial charge on any atom is -0.435 e. The van der Waals surface area contributed by atoms with E-state index >= 15 is 0 Å². The van der Waals surface area contributed by atoms with Gasteiger partial charge in [0.1, 0.15) is 6.20 Å². The summed E-state index contributed by atoms with van der Waals surface area (Å²) in [4.78, 5) is 14.5. The van der Waals surface area contributed by atoms with Crippen LogP contribution in [-0.2, 0) is 0 Å². The lowest BCUT2D eigenvalue weighted by molar-refractivity contribution is 0.166. The molecule has 4 heteroatoms. The molecule has 1 N–H and O–H groups in total. The van der Waals surface area contributed by atoms with Crippen molar-refractivity contribution in [1.29, 1.82) is 0 Å². The molecular formula is C22H27N2O2+. The van der Waals surface area contributed by atoms with E-state index in [-0.39, 0.29) is 4.48 Å². The second-order valence-electron chi connectivity index (χ2n) is 7.56. The van der Waals surface area contributed by atoms with Crippen molar-refractivity contribution < 1.29 is 9.90 Å². The molecule has 2 aromatic rings. The molecule has 0 bridgehead atoms. The second kappa shape index (κ2) is 6.29. The van der Waals surface area contributed by atoms with E-state index in [0.29, 0.717) is 6.67 Å². The zero-order valence-electron chi connectivity index (χ0n) is 16.4. The Balaban J connectivity index is 2.12. The summed E-state index contributed by atoms with van der Waals surface area (Å²) in [6.45, 7) is 12.6. The van der Waals surface area contributed by atoms with Gasteiger partial charge in [0, 0.05) is 11.1 Å². The molecule has 1 amide bonds. The molecule has 2 aromatic carbocycles. The first kappa shape index (κ1) is 18.2. The van der Waals surface area contributed by atoms with E-state index in [2.05, 4.69) is 49.9 Å². The van der Waals surface area contributed by atoms with Gasteiger partial charge < -0.3 is 5.11 Å². The van der Waals surface area contributed by atoms with Gasteiger partial charge >= 0.3 is 6.09 Å². The van der Waals surface area contributed by atoms with Gasteiger partial charge in [-0.15, -0.1) is 4.48 Å². The lowest BCUT2D eigenvalue weighted by atomic mass is 10.0. The summed E-state index contributed by atoms with van der Waals surface area (Å²) in [7, 11) is 0. The van der Waals surface area contributed by atoms with Crippen LogP contribution in [0.3, 0.4) is 0 Å². The van der Waals surface area contributed by atoms with Crippen molar-refractivity contribution in [3.63, 3.8) is 0 Å². The second-order valence-corrected chi connectivity index (χ2v) is 7.56.